The van der Waals surface area contributed by atoms with Crippen LogP contribution in [0.5, 0.6) is 0 Å². The van der Waals surface area contributed by atoms with Crippen LogP contribution < -0.4 is 5.73 Å². The van der Waals surface area contributed by atoms with Crippen molar-refractivity contribution in [2.45, 2.75) is 26.2 Å². The third-order valence-electron chi connectivity index (χ3n) is 3.65. The van der Waals surface area contributed by atoms with E-state index in [-0.39, 0.29) is 11.8 Å². The van der Waals surface area contributed by atoms with Crippen molar-refractivity contribution >= 4 is 5.91 Å². The van der Waals surface area contributed by atoms with E-state index in [1.807, 2.05) is 4.90 Å². The second-order valence-electron chi connectivity index (χ2n) is 5.15. The first-order valence-corrected chi connectivity index (χ1v) is 6.75. The quantitative estimate of drug-likeness (QED) is 0.879. The van der Waals surface area contributed by atoms with Crippen LogP contribution in [0.3, 0.4) is 0 Å². The molecule has 1 saturated heterocycles. The molecule has 1 aliphatic rings. The minimum absolute atomic E-state index is 0.0641. The van der Waals surface area contributed by atoms with Gasteiger partial charge in [0.25, 0.3) is 0 Å². The van der Waals surface area contributed by atoms with Crippen LogP contribution in [0.15, 0.2) is 24.3 Å². The third kappa shape index (κ3) is 3.10. The van der Waals surface area contributed by atoms with Gasteiger partial charge in [-0.3, -0.25) is 4.79 Å². The van der Waals surface area contributed by atoms with Gasteiger partial charge in [-0.2, -0.15) is 0 Å². The Bertz CT molecular complexity index is 393. The molecule has 3 nitrogen and oxygen atoms in total. The Kier molecular flexibility index (Phi) is 4.37. The SMILES string of the molecule is Cc1ccc(CC(CN)C(=O)N2CCCC2)cc1. The highest BCUT2D eigenvalue weighted by atomic mass is 16.2. The Balaban J connectivity index is 2.00. The van der Waals surface area contributed by atoms with Gasteiger partial charge in [0.1, 0.15) is 0 Å². The van der Waals surface area contributed by atoms with E-state index in [0.29, 0.717) is 6.54 Å². The molecule has 0 radical (unpaired) electrons. The first kappa shape index (κ1) is 13.1. The van der Waals surface area contributed by atoms with Crippen LogP contribution in [0, 0.1) is 12.8 Å². The standard InChI is InChI=1S/C15H22N2O/c1-12-4-6-13(7-5-12)10-14(11-16)15(18)17-8-2-3-9-17/h4-7,14H,2-3,8-11,16H2,1H3. The number of carbonyl (C=O) groups is 1. The van der Waals surface area contributed by atoms with Crippen molar-refractivity contribution < 1.29 is 4.79 Å². The van der Waals surface area contributed by atoms with Crippen molar-refractivity contribution in [3.8, 4) is 0 Å². The van der Waals surface area contributed by atoms with E-state index in [1.165, 1.54) is 11.1 Å². The lowest BCUT2D eigenvalue weighted by atomic mass is 9.97. The third-order valence-corrected chi connectivity index (χ3v) is 3.65. The van der Waals surface area contributed by atoms with Crippen LogP contribution in [0.2, 0.25) is 0 Å². The molecule has 0 aliphatic carbocycles. The molecular weight excluding hydrogens is 224 g/mol. The summed E-state index contributed by atoms with van der Waals surface area (Å²) in [6, 6.07) is 8.36. The molecule has 1 atom stereocenters. The second-order valence-corrected chi connectivity index (χ2v) is 5.15. The highest BCUT2D eigenvalue weighted by Gasteiger charge is 2.25. The number of likely N-dealkylation sites (tertiary alicyclic amines) is 1. The Morgan fingerprint density at radius 2 is 1.89 bits per heavy atom. The highest BCUT2D eigenvalue weighted by molar-refractivity contribution is 5.79. The molecule has 1 fully saturated rings. The number of amides is 1. The first-order chi connectivity index (χ1) is 8.70. The molecule has 1 aliphatic heterocycles. The van der Waals surface area contributed by atoms with Gasteiger partial charge in [-0.05, 0) is 31.7 Å². The van der Waals surface area contributed by atoms with Crippen molar-refractivity contribution in [2.24, 2.45) is 11.7 Å². The Labute approximate surface area is 109 Å². The number of hydrogen-bond acceptors (Lipinski definition) is 2. The molecule has 1 heterocycles. The van der Waals surface area contributed by atoms with Crippen molar-refractivity contribution in [3.05, 3.63) is 35.4 Å². The molecule has 1 aromatic rings. The lowest BCUT2D eigenvalue weighted by Crippen LogP contribution is -2.38. The molecule has 1 amide bonds. The Hall–Kier alpha value is -1.35. The van der Waals surface area contributed by atoms with E-state index in [9.17, 15) is 4.79 Å². The first-order valence-electron chi connectivity index (χ1n) is 6.75. The minimum atomic E-state index is -0.0641. The van der Waals surface area contributed by atoms with Crippen LogP contribution >= 0.6 is 0 Å². The number of benzene rings is 1. The average Bonchev–Trinajstić information content (AvgIpc) is 2.91. The molecule has 0 aromatic heterocycles. The van der Waals surface area contributed by atoms with Gasteiger partial charge in [-0.15, -0.1) is 0 Å². The molecule has 98 valence electrons. The maximum atomic E-state index is 12.3. The summed E-state index contributed by atoms with van der Waals surface area (Å²) in [7, 11) is 0. The van der Waals surface area contributed by atoms with Gasteiger partial charge in [0.15, 0.2) is 0 Å². The smallest absolute Gasteiger partial charge is 0.227 e. The minimum Gasteiger partial charge on any atom is -0.342 e. The maximum absolute atomic E-state index is 12.3. The summed E-state index contributed by atoms with van der Waals surface area (Å²) in [5, 5.41) is 0. The monoisotopic (exact) mass is 246 g/mol. The van der Waals surface area contributed by atoms with E-state index in [2.05, 4.69) is 31.2 Å². The number of nitrogens with zero attached hydrogens (tertiary/aromatic N) is 1. The Morgan fingerprint density at radius 1 is 1.28 bits per heavy atom. The normalized spacial score (nSPS) is 16.9. The van der Waals surface area contributed by atoms with Gasteiger partial charge >= 0.3 is 0 Å². The van der Waals surface area contributed by atoms with Crippen molar-refractivity contribution in [2.75, 3.05) is 19.6 Å². The zero-order valence-corrected chi connectivity index (χ0v) is 11.1. The molecule has 0 bridgehead atoms. The zero-order valence-electron chi connectivity index (χ0n) is 11.1. The van der Waals surface area contributed by atoms with E-state index < -0.39 is 0 Å². The number of aryl methyl sites for hydroxylation is 1. The van der Waals surface area contributed by atoms with Crippen LogP contribution in [0.4, 0.5) is 0 Å². The van der Waals surface area contributed by atoms with Crippen LogP contribution in [0.25, 0.3) is 0 Å². The molecular formula is C15H22N2O. The van der Waals surface area contributed by atoms with E-state index >= 15 is 0 Å². The van der Waals surface area contributed by atoms with Gasteiger partial charge in [0.05, 0.1) is 5.92 Å². The predicted molar refractivity (Wildman–Crippen MR) is 73.2 cm³/mol. The summed E-state index contributed by atoms with van der Waals surface area (Å²) in [6.45, 7) is 4.31. The summed E-state index contributed by atoms with van der Waals surface area (Å²) < 4.78 is 0. The fourth-order valence-corrected chi connectivity index (χ4v) is 2.48. The molecule has 18 heavy (non-hydrogen) atoms. The van der Waals surface area contributed by atoms with Crippen molar-refractivity contribution in [1.82, 2.24) is 4.90 Å². The van der Waals surface area contributed by atoms with E-state index in [0.717, 1.165) is 32.4 Å². The molecule has 2 N–H and O–H groups in total. The number of carbonyl (C=O) groups excluding carboxylic acids is 1. The van der Waals surface area contributed by atoms with Crippen molar-refractivity contribution in [1.29, 1.82) is 0 Å². The van der Waals surface area contributed by atoms with Gasteiger partial charge in [0, 0.05) is 19.6 Å². The van der Waals surface area contributed by atoms with Gasteiger partial charge < -0.3 is 10.6 Å². The van der Waals surface area contributed by atoms with Gasteiger partial charge in [0.2, 0.25) is 5.91 Å². The predicted octanol–water partition coefficient (Wildman–Crippen LogP) is 1.73. The fourth-order valence-electron chi connectivity index (χ4n) is 2.48. The van der Waals surface area contributed by atoms with Gasteiger partial charge in [-0.25, -0.2) is 0 Å². The molecule has 3 heteroatoms. The Morgan fingerprint density at radius 3 is 2.44 bits per heavy atom. The number of rotatable bonds is 4. The topological polar surface area (TPSA) is 46.3 Å². The zero-order chi connectivity index (χ0) is 13.0. The largest absolute Gasteiger partial charge is 0.342 e. The summed E-state index contributed by atoms with van der Waals surface area (Å²) in [5.74, 6) is 0.168. The molecule has 2 rings (SSSR count). The number of hydrogen-bond donors (Lipinski definition) is 1. The van der Waals surface area contributed by atoms with Gasteiger partial charge in [-0.1, -0.05) is 29.8 Å². The van der Waals surface area contributed by atoms with E-state index in [4.69, 9.17) is 5.73 Å². The molecule has 0 spiro atoms. The fraction of sp³-hybridized carbons (Fsp3) is 0.533. The van der Waals surface area contributed by atoms with E-state index in [1.54, 1.807) is 0 Å². The number of nitrogens with two attached hydrogens (primary N) is 1. The highest BCUT2D eigenvalue weighted by Crippen LogP contribution is 2.16. The van der Waals surface area contributed by atoms with Crippen LogP contribution in [-0.4, -0.2) is 30.4 Å². The average molecular weight is 246 g/mol. The van der Waals surface area contributed by atoms with Crippen LogP contribution in [0.1, 0.15) is 24.0 Å². The molecule has 1 unspecified atom stereocenters. The summed E-state index contributed by atoms with van der Waals surface area (Å²) in [6.07, 6.45) is 3.02. The summed E-state index contributed by atoms with van der Waals surface area (Å²) >= 11 is 0. The van der Waals surface area contributed by atoms with Crippen LogP contribution in [-0.2, 0) is 11.2 Å². The molecule has 1 aromatic carbocycles. The molecule has 0 saturated carbocycles. The lowest BCUT2D eigenvalue weighted by Gasteiger charge is -2.22. The summed E-state index contributed by atoms with van der Waals surface area (Å²) in [5.41, 5.74) is 8.21. The lowest BCUT2D eigenvalue weighted by molar-refractivity contribution is -0.134. The summed E-state index contributed by atoms with van der Waals surface area (Å²) in [4.78, 5) is 14.3. The maximum Gasteiger partial charge on any atom is 0.227 e. The van der Waals surface area contributed by atoms with Crippen molar-refractivity contribution in [3.63, 3.8) is 0 Å². The second kappa shape index (κ2) is 6.01.